The number of carbonyl (C=O) groups is 1. The number of rotatable bonds is 2. The number of H-pyrrole nitrogens is 1. The molecule has 0 fully saturated rings. The summed E-state index contributed by atoms with van der Waals surface area (Å²) in [4.78, 5) is 21.1. The Morgan fingerprint density at radius 1 is 1.38 bits per heavy atom. The van der Waals surface area contributed by atoms with Gasteiger partial charge in [0.15, 0.2) is 0 Å². The van der Waals surface area contributed by atoms with E-state index >= 15 is 0 Å². The standard InChI is InChI=1S/C16H19N3O2/c1-11-3-4-13(7-12(11)2)9-21-16(20)19-6-5-14-15(8-19)18-10-17-14/h3-4,7,10H,5-6,8-9H2,1-2H3,(H,17,18). The van der Waals surface area contributed by atoms with Gasteiger partial charge in [0.05, 0.1) is 24.3 Å². The maximum Gasteiger partial charge on any atom is 0.410 e. The molecule has 1 aliphatic rings. The van der Waals surface area contributed by atoms with Crippen molar-refractivity contribution < 1.29 is 9.53 Å². The molecule has 1 N–H and O–H groups in total. The second-order valence-electron chi connectivity index (χ2n) is 5.47. The molecule has 0 atom stereocenters. The van der Waals surface area contributed by atoms with Crippen molar-refractivity contribution in [3.8, 4) is 0 Å². The number of aromatic nitrogens is 2. The molecule has 21 heavy (non-hydrogen) atoms. The van der Waals surface area contributed by atoms with Gasteiger partial charge in [0.2, 0.25) is 0 Å². The number of hydrogen-bond donors (Lipinski definition) is 1. The number of hydrogen-bond acceptors (Lipinski definition) is 3. The molecule has 0 spiro atoms. The van der Waals surface area contributed by atoms with E-state index < -0.39 is 0 Å². The fraction of sp³-hybridized carbons (Fsp3) is 0.375. The number of ether oxygens (including phenoxy) is 1. The third-order valence-electron chi connectivity index (χ3n) is 3.97. The minimum atomic E-state index is -0.270. The van der Waals surface area contributed by atoms with Crippen LogP contribution in [0.2, 0.25) is 0 Å². The topological polar surface area (TPSA) is 58.2 Å². The van der Waals surface area contributed by atoms with E-state index in [9.17, 15) is 4.79 Å². The van der Waals surface area contributed by atoms with Gasteiger partial charge < -0.3 is 14.6 Å². The maximum atomic E-state index is 12.1. The minimum Gasteiger partial charge on any atom is -0.445 e. The number of imidazole rings is 1. The first-order chi connectivity index (χ1) is 10.1. The number of carbonyl (C=O) groups excluding carboxylic acids is 1. The summed E-state index contributed by atoms with van der Waals surface area (Å²) < 4.78 is 5.41. The highest BCUT2D eigenvalue weighted by atomic mass is 16.6. The van der Waals surface area contributed by atoms with Crippen molar-refractivity contribution in [2.75, 3.05) is 6.54 Å². The van der Waals surface area contributed by atoms with Gasteiger partial charge >= 0.3 is 6.09 Å². The lowest BCUT2D eigenvalue weighted by Gasteiger charge is -2.25. The quantitative estimate of drug-likeness (QED) is 0.923. The zero-order chi connectivity index (χ0) is 14.8. The molecule has 5 nitrogen and oxygen atoms in total. The van der Waals surface area contributed by atoms with Crippen LogP contribution in [0.1, 0.15) is 28.1 Å². The Labute approximate surface area is 124 Å². The predicted octanol–water partition coefficient (Wildman–Crippen LogP) is 2.72. The minimum absolute atomic E-state index is 0.270. The monoisotopic (exact) mass is 285 g/mol. The fourth-order valence-corrected chi connectivity index (χ4v) is 2.50. The summed E-state index contributed by atoms with van der Waals surface area (Å²) in [6.45, 7) is 5.64. The Morgan fingerprint density at radius 3 is 3.05 bits per heavy atom. The van der Waals surface area contributed by atoms with Gasteiger partial charge in [0, 0.05) is 13.0 Å². The first-order valence-electron chi connectivity index (χ1n) is 7.12. The first-order valence-corrected chi connectivity index (χ1v) is 7.12. The molecular weight excluding hydrogens is 266 g/mol. The Kier molecular flexibility index (Phi) is 3.64. The molecule has 0 saturated carbocycles. The van der Waals surface area contributed by atoms with Crippen LogP contribution >= 0.6 is 0 Å². The molecule has 110 valence electrons. The molecule has 1 amide bonds. The molecule has 0 aliphatic carbocycles. The average Bonchev–Trinajstić information content (AvgIpc) is 2.95. The first kappa shape index (κ1) is 13.7. The number of amides is 1. The van der Waals surface area contributed by atoms with Crippen LogP contribution in [0.5, 0.6) is 0 Å². The predicted molar refractivity (Wildman–Crippen MR) is 78.8 cm³/mol. The van der Waals surface area contributed by atoms with Gasteiger partial charge in [-0.05, 0) is 30.5 Å². The van der Waals surface area contributed by atoms with Crippen LogP contribution in [0.15, 0.2) is 24.5 Å². The molecule has 1 aliphatic heterocycles. The van der Waals surface area contributed by atoms with E-state index in [1.165, 1.54) is 11.1 Å². The molecule has 3 rings (SSSR count). The lowest BCUT2D eigenvalue weighted by molar-refractivity contribution is 0.0912. The van der Waals surface area contributed by atoms with Gasteiger partial charge in [0.1, 0.15) is 6.61 Å². The summed E-state index contributed by atoms with van der Waals surface area (Å²) in [7, 11) is 0. The van der Waals surface area contributed by atoms with Gasteiger partial charge in [-0.1, -0.05) is 18.2 Å². The summed E-state index contributed by atoms with van der Waals surface area (Å²) in [6.07, 6.45) is 2.18. The molecular formula is C16H19N3O2. The van der Waals surface area contributed by atoms with Crippen LogP contribution in [0.25, 0.3) is 0 Å². The summed E-state index contributed by atoms with van der Waals surface area (Å²) in [6, 6.07) is 6.11. The zero-order valence-corrected chi connectivity index (χ0v) is 12.3. The van der Waals surface area contributed by atoms with E-state index in [0.717, 1.165) is 23.4 Å². The van der Waals surface area contributed by atoms with Crippen molar-refractivity contribution >= 4 is 6.09 Å². The second kappa shape index (κ2) is 5.60. The normalized spacial score (nSPS) is 13.9. The van der Waals surface area contributed by atoms with Crippen LogP contribution in [0.4, 0.5) is 4.79 Å². The van der Waals surface area contributed by atoms with Crippen LogP contribution < -0.4 is 0 Å². The zero-order valence-electron chi connectivity index (χ0n) is 12.3. The third kappa shape index (κ3) is 2.91. The lowest BCUT2D eigenvalue weighted by atomic mass is 10.1. The van der Waals surface area contributed by atoms with Gasteiger partial charge in [-0.15, -0.1) is 0 Å². The molecule has 2 aromatic rings. The highest BCUT2D eigenvalue weighted by molar-refractivity contribution is 5.68. The second-order valence-corrected chi connectivity index (χ2v) is 5.47. The van der Waals surface area contributed by atoms with Crippen LogP contribution in [-0.4, -0.2) is 27.5 Å². The van der Waals surface area contributed by atoms with E-state index in [2.05, 4.69) is 35.9 Å². The SMILES string of the molecule is Cc1ccc(COC(=O)N2CCc3nc[nH]c3C2)cc1C. The third-order valence-corrected chi connectivity index (χ3v) is 3.97. The van der Waals surface area contributed by atoms with Crippen molar-refractivity contribution in [1.82, 2.24) is 14.9 Å². The Bertz CT molecular complexity index is 663. The number of benzene rings is 1. The van der Waals surface area contributed by atoms with E-state index in [-0.39, 0.29) is 6.09 Å². The van der Waals surface area contributed by atoms with Gasteiger partial charge in [-0.2, -0.15) is 0 Å². The highest BCUT2D eigenvalue weighted by Crippen LogP contribution is 2.16. The largest absolute Gasteiger partial charge is 0.445 e. The molecule has 0 saturated heterocycles. The summed E-state index contributed by atoms with van der Waals surface area (Å²) in [5, 5.41) is 0. The molecule has 2 heterocycles. The lowest BCUT2D eigenvalue weighted by Crippen LogP contribution is -2.36. The smallest absolute Gasteiger partial charge is 0.410 e. The summed E-state index contributed by atoms with van der Waals surface area (Å²) in [5.74, 6) is 0. The molecule has 0 radical (unpaired) electrons. The number of aryl methyl sites for hydroxylation is 2. The van der Waals surface area contributed by atoms with Gasteiger partial charge in [-0.3, -0.25) is 0 Å². The number of nitrogens with one attached hydrogen (secondary N) is 1. The number of fused-ring (bicyclic) bond motifs is 1. The van der Waals surface area contributed by atoms with Crippen molar-refractivity contribution in [3.63, 3.8) is 0 Å². The van der Waals surface area contributed by atoms with Gasteiger partial charge in [-0.25, -0.2) is 9.78 Å². The van der Waals surface area contributed by atoms with Crippen molar-refractivity contribution in [3.05, 3.63) is 52.6 Å². The number of aromatic amines is 1. The van der Waals surface area contributed by atoms with Crippen molar-refractivity contribution in [2.24, 2.45) is 0 Å². The average molecular weight is 285 g/mol. The van der Waals surface area contributed by atoms with Crippen molar-refractivity contribution in [2.45, 2.75) is 33.4 Å². The molecule has 1 aromatic carbocycles. The van der Waals surface area contributed by atoms with Crippen LogP contribution in [0, 0.1) is 13.8 Å². The Morgan fingerprint density at radius 2 is 2.24 bits per heavy atom. The Balaban J connectivity index is 1.58. The van der Waals surface area contributed by atoms with E-state index in [4.69, 9.17) is 4.74 Å². The van der Waals surface area contributed by atoms with Crippen LogP contribution in [0.3, 0.4) is 0 Å². The molecule has 1 aromatic heterocycles. The van der Waals surface area contributed by atoms with Gasteiger partial charge in [0.25, 0.3) is 0 Å². The number of nitrogens with zero attached hydrogens (tertiary/aromatic N) is 2. The van der Waals surface area contributed by atoms with Crippen molar-refractivity contribution in [1.29, 1.82) is 0 Å². The maximum absolute atomic E-state index is 12.1. The molecule has 5 heteroatoms. The van der Waals surface area contributed by atoms with E-state index in [1.54, 1.807) is 11.2 Å². The van der Waals surface area contributed by atoms with Crippen LogP contribution in [-0.2, 0) is 24.3 Å². The summed E-state index contributed by atoms with van der Waals surface area (Å²) in [5.41, 5.74) is 5.53. The highest BCUT2D eigenvalue weighted by Gasteiger charge is 2.23. The van der Waals surface area contributed by atoms with E-state index in [1.807, 2.05) is 6.07 Å². The van der Waals surface area contributed by atoms with E-state index in [0.29, 0.717) is 19.7 Å². The fourth-order valence-electron chi connectivity index (χ4n) is 2.50. The Hall–Kier alpha value is -2.30. The molecule has 0 bridgehead atoms. The molecule has 0 unspecified atom stereocenters. The summed E-state index contributed by atoms with van der Waals surface area (Å²) >= 11 is 0.